The van der Waals surface area contributed by atoms with Crippen LogP contribution in [-0.2, 0) is 10.0 Å². The summed E-state index contributed by atoms with van der Waals surface area (Å²) < 4.78 is 29.2. The maximum atomic E-state index is 12.8. The van der Waals surface area contributed by atoms with Crippen LogP contribution in [0.3, 0.4) is 0 Å². The number of hydrogen-bond acceptors (Lipinski definition) is 5. The average Bonchev–Trinajstić information content (AvgIpc) is 3.38. The third kappa shape index (κ3) is 3.20. The van der Waals surface area contributed by atoms with Gasteiger partial charge < -0.3 is 4.98 Å². The molecule has 0 aliphatic heterocycles. The molecule has 0 spiro atoms. The van der Waals surface area contributed by atoms with Gasteiger partial charge in [-0.15, -0.1) is 10.2 Å². The molecule has 1 aliphatic carbocycles. The first-order valence-corrected chi connectivity index (χ1v) is 11.7. The van der Waals surface area contributed by atoms with Gasteiger partial charge in [-0.1, -0.05) is 27.2 Å². The molecule has 9 heteroatoms. The summed E-state index contributed by atoms with van der Waals surface area (Å²) in [6, 6.07) is 1.99. The van der Waals surface area contributed by atoms with E-state index in [9.17, 15) is 8.42 Å². The van der Waals surface area contributed by atoms with Crippen LogP contribution in [0.4, 0.5) is 0 Å². The third-order valence-electron chi connectivity index (χ3n) is 6.16. The second kappa shape index (κ2) is 7.44. The van der Waals surface area contributed by atoms with Gasteiger partial charge in [-0.3, -0.25) is 4.40 Å². The minimum absolute atomic E-state index is 0.149. The zero-order valence-electron chi connectivity index (χ0n) is 16.7. The van der Waals surface area contributed by atoms with Gasteiger partial charge in [-0.2, -0.15) is 0 Å². The van der Waals surface area contributed by atoms with Crippen LogP contribution in [0.15, 0.2) is 18.5 Å². The van der Waals surface area contributed by atoms with Crippen molar-refractivity contribution in [3.8, 4) is 0 Å². The van der Waals surface area contributed by atoms with Crippen LogP contribution in [0.25, 0.3) is 16.8 Å². The van der Waals surface area contributed by atoms with Crippen molar-refractivity contribution in [2.45, 2.75) is 46.0 Å². The molecule has 3 unspecified atom stereocenters. The minimum atomic E-state index is -3.22. The Balaban J connectivity index is 1.66. The van der Waals surface area contributed by atoms with Crippen molar-refractivity contribution >= 4 is 26.8 Å². The Kier molecular flexibility index (Phi) is 5.13. The normalized spacial score (nSPS) is 23.4. The Morgan fingerprint density at radius 3 is 2.71 bits per heavy atom. The molecule has 3 atom stereocenters. The fraction of sp³-hybridized carbons (Fsp3) is 0.632. The van der Waals surface area contributed by atoms with Crippen molar-refractivity contribution in [1.82, 2.24) is 28.9 Å². The summed E-state index contributed by atoms with van der Waals surface area (Å²) in [6.07, 6.45) is 6.34. The summed E-state index contributed by atoms with van der Waals surface area (Å²) in [6.45, 7) is 7.02. The van der Waals surface area contributed by atoms with Gasteiger partial charge in [0.15, 0.2) is 11.3 Å². The van der Waals surface area contributed by atoms with Crippen LogP contribution < -0.4 is 0 Å². The largest absolute Gasteiger partial charge is 0.345 e. The molecule has 1 N–H and O–H groups in total. The van der Waals surface area contributed by atoms with Gasteiger partial charge in [-0.25, -0.2) is 17.7 Å². The van der Waals surface area contributed by atoms with E-state index in [0.717, 1.165) is 41.9 Å². The van der Waals surface area contributed by atoms with E-state index in [1.54, 1.807) is 10.5 Å². The molecule has 3 heterocycles. The van der Waals surface area contributed by atoms with E-state index in [1.807, 2.05) is 26.1 Å². The van der Waals surface area contributed by atoms with Crippen molar-refractivity contribution < 1.29 is 8.42 Å². The standard InChI is InChI=1S/C19H28N6O2S/c1-4-14-9-13(12-28(26,27)24(5-2)6-3)10-15(14)19-23-22-17-11-21-18-16(25(17)19)7-8-20-18/h7-8,11,13-15,20H,4-6,9-10,12H2,1-3H3. The lowest BCUT2D eigenvalue weighted by Gasteiger charge is -2.20. The fourth-order valence-electron chi connectivity index (χ4n) is 4.80. The monoisotopic (exact) mass is 404 g/mol. The number of H-pyrrole nitrogens is 1. The number of aromatic nitrogens is 5. The van der Waals surface area contributed by atoms with E-state index in [2.05, 4.69) is 31.5 Å². The first kappa shape index (κ1) is 19.3. The number of nitrogens with one attached hydrogen (secondary N) is 1. The van der Waals surface area contributed by atoms with Gasteiger partial charge >= 0.3 is 0 Å². The lowest BCUT2D eigenvalue weighted by molar-refractivity contribution is 0.429. The van der Waals surface area contributed by atoms with Gasteiger partial charge in [0.2, 0.25) is 10.0 Å². The molecule has 152 valence electrons. The topological polar surface area (TPSA) is 96.2 Å². The molecule has 1 fully saturated rings. The van der Waals surface area contributed by atoms with E-state index in [4.69, 9.17) is 0 Å². The second-order valence-electron chi connectivity index (χ2n) is 7.70. The van der Waals surface area contributed by atoms with Crippen molar-refractivity contribution in [1.29, 1.82) is 0 Å². The molecule has 0 bridgehead atoms. The third-order valence-corrected chi connectivity index (χ3v) is 8.36. The highest BCUT2D eigenvalue weighted by atomic mass is 32.2. The second-order valence-corrected chi connectivity index (χ2v) is 9.71. The Hall–Kier alpha value is -2.00. The molecule has 1 aliphatic rings. The van der Waals surface area contributed by atoms with E-state index < -0.39 is 10.0 Å². The van der Waals surface area contributed by atoms with Crippen LogP contribution in [0.2, 0.25) is 0 Å². The highest BCUT2D eigenvalue weighted by Crippen LogP contribution is 2.45. The zero-order valence-corrected chi connectivity index (χ0v) is 17.5. The summed E-state index contributed by atoms with van der Waals surface area (Å²) in [4.78, 5) is 7.52. The Morgan fingerprint density at radius 1 is 1.21 bits per heavy atom. The SMILES string of the molecule is CCC1CC(CS(=O)(=O)N(CC)CC)CC1c1nnc2cnc3[nH]ccc3n12. The van der Waals surface area contributed by atoms with Gasteiger partial charge in [0.1, 0.15) is 5.82 Å². The molecular formula is C19H28N6O2S. The molecule has 1 saturated carbocycles. The molecule has 3 aromatic heterocycles. The maximum absolute atomic E-state index is 12.8. The summed E-state index contributed by atoms with van der Waals surface area (Å²) in [7, 11) is -3.22. The Morgan fingerprint density at radius 2 is 2.00 bits per heavy atom. The van der Waals surface area contributed by atoms with Crippen LogP contribution in [0.1, 0.15) is 51.8 Å². The predicted octanol–water partition coefficient (Wildman–Crippen LogP) is 2.80. The molecule has 3 aromatic rings. The summed E-state index contributed by atoms with van der Waals surface area (Å²) >= 11 is 0. The number of rotatable bonds is 7. The molecule has 28 heavy (non-hydrogen) atoms. The Bertz CT molecular complexity index is 1070. The molecule has 8 nitrogen and oxygen atoms in total. The smallest absolute Gasteiger partial charge is 0.214 e. The van der Waals surface area contributed by atoms with E-state index in [0.29, 0.717) is 19.0 Å². The van der Waals surface area contributed by atoms with Crippen molar-refractivity contribution in [2.75, 3.05) is 18.8 Å². The summed E-state index contributed by atoms with van der Waals surface area (Å²) in [5, 5.41) is 8.83. The van der Waals surface area contributed by atoms with Gasteiger partial charge in [0.05, 0.1) is 17.5 Å². The maximum Gasteiger partial charge on any atom is 0.214 e. The predicted molar refractivity (Wildman–Crippen MR) is 109 cm³/mol. The lowest BCUT2D eigenvalue weighted by atomic mass is 9.93. The molecule has 0 aromatic carbocycles. The van der Waals surface area contributed by atoms with E-state index in [1.165, 1.54) is 0 Å². The zero-order chi connectivity index (χ0) is 19.9. The van der Waals surface area contributed by atoms with Gasteiger partial charge in [-0.05, 0) is 30.7 Å². The number of nitrogens with zero attached hydrogens (tertiary/aromatic N) is 5. The Labute approximate surface area is 165 Å². The van der Waals surface area contributed by atoms with Crippen molar-refractivity contribution in [2.24, 2.45) is 11.8 Å². The summed E-state index contributed by atoms with van der Waals surface area (Å²) in [5.74, 6) is 1.91. The van der Waals surface area contributed by atoms with Crippen molar-refractivity contribution in [3.05, 3.63) is 24.3 Å². The number of fused-ring (bicyclic) bond motifs is 3. The number of aromatic amines is 1. The van der Waals surface area contributed by atoms with Gasteiger partial charge in [0, 0.05) is 25.2 Å². The highest BCUT2D eigenvalue weighted by Gasteiger charge is 2.39. The van der Waals surface area contributed by atoms with Crippen LogP contribution in [0.5, 0.6) is 0 Å². The van der Waals surface area contributed by atoms with Crippen LogP contribution >= 0.6 is 0 Å². The first-order valence-electron chi connectivity index (χ1n) is 10.1. The fourth-order valence-corrected chi connectivity index (χ4v) is 6.67. The van der Waals surface area contributed by atoms with Gasteiger partial charge in [0.25, 0.3) is 0 Å². The summed E-state index contributed by atoms with van der Waals surface area (Å²) in [5.41, 5.74) is 2.50. The number of hydrogen-bond donors (Lipinski definition) is 1. The van der Waals surface area contributed by atoms with Crippen LogP contribution in [-0.4, -0.2) is 56.1 Å². The molecule has 0 radical (unpaired) electrons. The quantitative estimate of drug-likeness (QED) is 0.653. The molecular weight excluding hydrogens is 376 g/mol. The van der Waals surface area contributed by atoms with E-state index in [-0.39, 0.29) is 17.6 Å². The first-order chi connectivity index (χ1) is 13.5. The lowest BCUT2D eigenvalue weighted by Crippen LogP contribution is -2.34. The minimum Gasteiger partial charge on any atom is -0.345 e. The molecule has 0 saturated heterocycles. The molecule has 0 amide bonds. The molecule has 4 rings (SSSR count). The van der Waals surface area contributed by atoms with Crippen molar-refractivity contribution in [3.63, 3.8) is 0 Å². The average molecular weight is 405 g/mol. The van der Waals surface area contributed by atoms with E-state index >= 15 is 0 Å². The van der Waals surface area contributed by atoms with Crippen LogP contribution in [0, 0.1) is 11.8 Å². The highest BCUT2D eigenvalue weighted by molar-refractivity contribution is 7.89. The number of sulfonamides is 1.